The maximum absolute atomic E-state index is 12.9. The van der Waals surface area contributed by atoms with Crippen molar-refractivity contribution in [1.82, 2.24) is 4.72 Å². The highest BCUT2D eigenvalue weighted by Gasteiger charge is 2.35. The number of sulfonamides is 1. The summed E-state index contributed by atoms with van der Waals surface area (Å²) in [7, 11) is -3.81. The van der Waals surface area contributed by atoms with Crippen LogP contribution in [-0.4, -0.2) is 26.7 Å². The smallest absolute Gasteiger partial charge is 0.240 e. The van der Waals surface area contributed by atoms with Crippen LogP contribution >= 0.6 is 22.7 Å². The first-order valence-corrected chi connectivity index (χ1v) is 12.1. The van der Waals surface area contributed by atoms with Gasteiger partial charge in [0, 0.05) is 17.0 Å². The lowest BCUT2D eigenvalue weighted by atomic mass is 9.95. The molecule has 150 valence electrons. The maximum Gasteiger partial charge on any atom is 0.240 e. The highest BCUT2D eigenvalue weighted by molar-refractivity contribution is 7.89. The van der Waals surface area contributed by atoms with Crippen molar-refractivity contribution in [2.24, 2.45) is 0 Å². The van der Waals surface area contributed by atoms with Gasteiger partial charge in [0.1, 0.15) is 11.4 Å². The SMILES string of the molecule is CCOc1c(C)cc(S(=O)(=O)NCC(O)(c2ccsc2)c2cccs2)cc1C. The molecular formula is C20H23NO4S3. The summed E-state index contributed by atoms with van der Waals surface area (Å²) in [6, 6.07) is 8.64. The molecule has 0 amide bonds. The van der Waals surface area contributed by atoms with Crippen molar-refractivity contribution < 1.29 is 18.3 Å². The lowest BCUT2D eigenvalue weighted by Gasteiger charge is -2.27. The van der Waals surface area contributed by atoms with Gasteiger partial charge in [-0.3, -0.25) is 0 Å². The molecule has 3 rings (SSSR count). The van der Waals surface area contributed by atoms with Crippen molar-refractivity contribution in [2.75, 3.05) is 13.2 Å². The third-order valence-corrected chi connectivity index (χ3v) is 7.56. The van der Waals surface area contributed by atoms with Gasteiger partial charge in [-0.15, -0.1) is 11.3 Å². The van der Waals surface area contributed by atoms with E-state index in [0.29, 0.717) is 22.8 Å². The Balaban J connectivity index is 1.90. The fourth-order valence-corrected chi connectivity index (χ4v) is 5.86. The Bertz CT molecular complexity index is 968. The van der Waals surface area contributed by atoms with Gasteiger partial charge in [-0.1, -0.05) is 6.07 Å². The molecule has 28 heavy (non-hydrogen) atoms. The van der Waals surface area contributed by atoms with Gasteiger partial charge in [-0.05, 0) is 72.3 Å². The van der Waals surface area contributed by atoms with Crippen LogP contribution in [0.25, 0.3) is 0 Å². The monoisotopic (exact) mass is 437 g/mol. The summed E-state index contributed by atoms with van der Waals surface area (Å²) in [6.07, 6.45) is 0. The minimum atomic E-state index is -3.81. The van der Waals surface area contributed by atoms with Crippen molar-refractivity contribution in [1.29, 1.82) is 0 Å². The van der Waals surface area contributed by atoms with Gasteiger partial charge in [0.2, 0.25) is 10.0 Å². The zero-order chi connectivity index (χ0) is 20.4. The lowest BCUT2D eigenvalue weighted by molar-refractivity contribution is 0.0903. The molecule has 0 radical (unpaired) electrons. The fourth-order valence-electron chi connectivity index (χ4n) is 3.07. The fraction of sp³-hybridized carbons (Fsp3) is 0.300. The number of rotatable bonds is 8. The lowest BCUT2D eigenvalue weighted by Crippen LogP contribution is -2.41. The van der Waals surface area contributed by atoms with Crippen LogP contribution in [0.3, 0.4) is 0 Å². The second-order valence-corrected chi connectivity index (χ2v) is 9.99. The van der Waals surface area contributed by atoms with Crippen molar-refractivity contribution in [2.45, 2.75) is 31.3 Å². The Morgan fingerprint density at radius 3 is 2.43 bits per heavy atom. The van der Waals surface area contributed by atoms with Crippen LogP contribution in [0.2, 0.25) is 0 Å². The van der Waals surface area contributed by atoms with Crippen LogP contribution in [0.1, 0.15) is 28.5 Å². The van der Waals surface area contributed by atoms with E-state index < -0.39 is 15.6 Å². The molecule has 0 bridgehead atoms. The molecule has 0 aliphatic heterocycles. The number of benzene rings is 1. The van der Waals surface area contributed by atoms with E-state index in [-0.39, 0.29) is 11.4 Å². The molecule has 1 unspecified atom stereocenters. The third-order valence-electron chi connectivity index (χ3n) is 4.48. The van der Waals surface area contributed by atoms with Gasteiger partial charge < -0.3 is 9.84 Å². The summed E-state index contributed by atoms with van der Waals surface area (Å²) in [4.78, 5) is 0.845. The summed E-state index contributed by atoms with van der Waals surface area (Å²) in [5, 5.41) is 16.9. The average molecular weight is 438 g/mol. The second kappa shape index (κ2) is 8.34. The Kier molecular flexibility index (Phi) is 6.26. The maximum atomic E-state index is 12.9. The first kappa shape index (κ1) is 21.0. The van der Waals surface area contributed by atoms with Gasteiger partial charge in [0.15, 0.2) is 0 Å². The molecule has 5 nitrogen and oxygen atoms in total. The topological polar surface area (TPSA) is 75.6 Å². The average Bonchev–Trinajstić information content (AvgIpc) is 3.37. The van der Waals surface area contributed by atoms with Crippen LogP contribution in [0.4, 0.5) is 0 Å². The summed E-state index contributed by atoms with van der Waals surface area (Å²) >= 11 is 2.85. The van der Waals surface area contributed by atoms with E-state index in [1.807, 2.05) is 55.1 Å². The molecule has 0 fully saturated rings. The highest BCUT2D eigenvalue weighted by atomic mass is 32.2. The van der Waals surface area contributed by atoms with E-state index in [9.17, 15) is 13.5 Å². The van der Waals surface area contributed by atoms with Crippen LogP contribution in [0.5, 0.6) is 5.75 Å². The van der Waals surface area contributed by atoms with E-state index in [4.69, 9.17) is 4.74 Å². The predicted octanol–water partition coefficient (Wildman–Crippen LogP) is 4.04. The van der Waals surface area contributed by atoms with Gasteiger partial charge in [0.25, 0.3) is 0 Å². The van der Waals surface area contributed by atoms with Crippen LogP contribution in [0, 0.1) is 13.8 Å². The van der Waals surface area contributed by atoms with Crippen molar-refractivity contribution >= 4 is 32.7 Å². The zero-order valence-electron chi connectivity index (χ0n) is 15.9. The number of hydrogen-bond donors (Lipinski definition) is 2. The minimum absolute atomic E-state index is 0.155. The molecule has 8 heteroatoms. The minimum Gasteiger partial charge on any atom is -0.493 e. The van der Waals surface area contributed by atoms with Gasteiger partial charge in [-0.25, -0.2) is 13.1 Å². The number of hydrogen-bond acceptors (Lipinski definition) is 6. The number of aliphatic hydroxyl groups is 1. The Hall–Kier alpha value is -1.71. The van der Waals surface area contributed by atoms with E-state index in [2.05, 4.69) is 4.72 Å². The Labute approximate surface area is 173 Å². The number of ether oxygens (including phenoxy) is 1. The largest absolute Gasteiger partial charge is 0.493 e. The molecule has 0 saturated carbocycles. The Morgan fingerprint density at radius 2 is 1.89 bits per heavy atom. The molecular weight excluding hydrogens is 414 g/mol. The van der Waals surface area contributed by atoms with Crippen molar-refractivity contribution in [3.8, 4) is 5.75 Å². The van der Waals surface area contributed by atoms with E-state index in [1.54, 1.807) is 12.1 Å². The highest BCUT2D eigenvalue weighted by Crippen LogP contribution is 2.34. The van der Waals surface area contributed by atoms with Crippen LogP contribution in [-0.2, 0) is 15.6 Å². The van der Waals surface area contributed by atoms with Crippen molar-refractivity contribution in [3.63, 3.8) is 0 Å². The number of nitrogens with one attached hydrogen (secondary N) is 1. The molecule has 3 aromatic rings. The van der Waals surface area contributed by atoms with Gasteiger partial charge in [-0.2, -0.15) is 11.3 Å². The molecule has 1 aromatic carbocycles. The van der Waals surface area contributed by atoms with Crippen molar-refractivity contribution in [3.05, 3.63) is 68.0 Å². The molecule has 2 aromatic heterocycles. The third kappa shape index (κ3) is 4.16. The van der Waals surface area contributed by atoms with Crippen LogP contribution < -0.4 is 9.46 Å². The molecule has 0 aliphatic carbocycles. The molecule has 0 spiro atoms. The molecule has 0 saturated heterocycles. The number of thiophene rings is 2. The van der Waals surface area contributed by atoms with Gasteiger partial charge >= 0.3 is 0 Å². The summed E-state index contributed by atoms with van der Waals surface area (Å²) < 4.78 is 34.1. The molecule has 2 heterocycles. The van der Waals surface area contributed by atoms with Crippen LogP contribution in [0.15, 0.2) is 51.4 Å². The number of aryl methyl sites for hydroxylation is 2. The standard InChI is InChI=1S/C20H23NO4S3/c1-4-25-19-14(2)10-17(11-15(19)3)28(23,24)21-13-20(22,16-7-9-26-12-16)18-6-5-8-27-18/h5-12,21-22H,4,13H2,1-3H3. The molecule has 2 N–H and O–H groups in total. The molecule has 1 atom stereocenters. The summed E-state index contributed by atoms with van der Waals surface area (Å²) in [5.41, 5.74) is 0.764. The first-order valence-electron chi connectivity index (χ1n) is 8.80. The van der Waals surface area contributed by atoms with E-state index in [1.165, 1.54) is 22.7 Å². The van der Waals surface area contributed by atoms with Gasteiger partial charge in [0.05, 0.1) is 11.5 Å². The summed E-state index contributed by atoms with van der Waals surface area (Å²) in [5.74, 6) is 0.704. The van der Waals surface area contributed by atoms with E-state index >= 15 is 0 Å². The predicted molar refractivity (Wildman–Crippen MR) is 114 cm³/mol. The summed E-state index contributed by atoms with van der Waals surface area (Å²) in [6.45, 7) is 5.90. The Morgan fingerprint density at radius 1 is 1.18 bits per heavy atom. The molecule has 0 aliphatic rings. The van der Waals surface area contributed by atoms with E-state index in [0.717, 1.165) is 11.1 Å². The zero-order valence-corrected chi connectivity index (χ0v) is 18.4. The second-order valence-electron chi connectivity index (χ2n) is 6.49. The first-order chi connectivity index (χ1) is 13.3. The normalized spacial score (nSPS) is 14.0. The quantitative estimate of drug-likeness (QED) is 0.558.